The number of carbonyl (C=O) groups excluding carboxylic acids is 2. The fourth-order valence-electron chi connectivity index (χ4n) is 3.75. The molecule has 0 aliphatic heterocycles. The van der Waals surface area contributed by atoms with Gasteiger partial charge < -0.3 is 9.47 Å². The van der Waals surface area contributed by atoms with E-state index in [0.29, 0.717) is 36.8 Å². The summed E-state index contributed by atoms with van der Waals surface area (Å²) >= 11 is 0. The monoisotopic (exact) mass is 430 g/mol. The number of unbranched alkanes of at least 4 members (excludes halogenated alkanes) is 2. The number of esters is 2. The first-order valence-electron chi connectivity index (χ1n) is 11.0. The molecular weight excluding hydrogens is 402 g/mol. The standard InChI is InChI=1S/C25H28F2O4/c26-19-13-11-18(12-14-19)22-16-15-21(17-23(22)27)31-25(29)10-6-2-5-9-24(28)30-20-7-3-1-4-8-20/h11-17,20H,1-10H2. The number of benzene rings is 2. The minimum absolute atomic E-state index is 0.0751. The summed E-state index contributed by atoms with van der Waals surface area (Å²) in [6.45, 7) is 0. The van der Waals surface area contributed by atoms with Crippen LogP contribution in [0.4, 0.5) is 8.78 Å². The van der Waals surface area contributed by atoms with Crippen molar-refractivity contribution < 1.29 is 27.8 Å². The molecule has 166 valence electrons. The Kier molecular flexibility index (Phi) is 8.56. The SMILES string of the molecule is O=C(CCCCCC(=O)OC1CCCCC1)Oc1ccc(-c2ccc(F)cc2)c(F)c1. The lowest BCUT2D eigenvalue weighted by atomic mass is 9.98. The van der Waals surface area contributed by atoms with Crippen LogP contribution >= 0.6 is 0 Å². The topological polar surface area (TPSA) is 52.6 Å². The van der Waals surface area contributed by atoms with Gasteiger partial charge in [-0.2, -0.15) is 0 Å². The van der Waals surface area contributed by atoms with E-state index in [1.807, 2.05) is 0 Å². The molecule has 1 fully saturated rings. The number of halogens is 2. The van der Waals surface area contributed by atoms with Gasteiger partial charge in [0.25, 0.3) is 0 Å². The highest BCUT2D eigenvalue weighted by Gasteiger charge is 2.17. The van der Waals surface area contributed by atoms with E-state index in [2.05, 4.69) is 0 Å². The average Bonchev–Trinajstić information content (AvgIpc) is 2.75. The van der Waals surface area contributed by atoms with Gasteiger partial charge in [-0.05, 0) is 68.4 Å². The Morgan fingerprint density at radius 3 is 2.19 bits per heavy atom. The van der Waals surface area contributed by atoms with Crippen LogP contribution in [0.15, 0.2) is 42.5 Å². The van der Waals surface area contributed by atoms with E-state index in [1.165, 1.54) is 42.8 Å². The summed E-state index contributed by atoms with van der Waals surface area (Å²) in [7, 11) is 0. The Labute approximate surface area is 181 Å². The second-order valence-electron chi connectivity index (χ2n) is 7.93. The van der Waals surface area contributed by atoms with Crippen molar-refractivity contribution in [2.24, 2.45) is 0 Å². The van der Waals surface area contributed by atoms with Crippen molar-refractivity contribution in [3.05, 3.63) is 54.1 Å². The molecule has 0 bridgehead atoms. The minimum atomic E-state index is -0.548. The van der Waals surface area contributed by atoms with Crippen molar-refractivity contribution in [2.45, 2.75) is 70.3 Å². The molecular formula is C25H28F2O4. The molecule has 0 heterocycles. The second-order valence-corrected chi connectivity index (χ2v) is 7.93. The average molecular weight is 430 g/mol. The van der Waals surface area contributed by atoms with Gasteiger partial charge in [-0.3, -0.25) is 9.59 Å². The lowest BCUT2D eigenvalue weighted by Gasteiger charge is -2.21. The van der Waals surface area contributed by atoms with Gasteiger partial charge in [0.15, 0.2) is 0 Å². The number of hydrogen-bond donors (Lipinski definition) is 0. The van der Waals surface area contributed by atoms with Crippen molar-refractivity contribution in [3.63, 3.8) is 0 Å². The lowest BCUT2D eigenvalue weighted by Crippen LogP contribution is -2.20. The molecule has 3 rings (SSSR count). The van der Waals surface area contributed by atoms with Crippen molar-refractivity contribution in [1.29, 1.82) is 0 Å². The zero-order chi connectivity index (χ0) is 22.1. The molecule has 0 radical (unpaired) electrons. The maximum Gasteiger partial charge on any atom is 0.311 e. The van der Waals surface area contributed by atoms with E-state index in [0.717, 1.165) is 31.7 Å². The van der Waals surface area contributed by atoms with Gasteiger partial charge in [0.05, 0.1) is 0 Å². The van der Waals surface area contributed by atoms with Gasteiger partial charge >= 0.3 is 11.9 Å². The fourth-order valence-corrected chi connectivity index (χ4v) is 3.75. The largest absolute Gasteiger partial charge is 0.462 e. The highest BCUT2D eigenvalue weighted by atomic mass is 19.1. The normalized spacial score (nSPS) is 14.3. The van der Waals surface area contributed by atoms with E-state index in [4.69, 9.17) is 9.47 Å². The van der Waals surface area contributed by atoms with Crippen LogP contribution < -0.4 is 4.74 Å². The third-order valence-corrected chi connectivity index (χ3v) is 5.44. The molecule has 0 spiro atoms. The molecule has 31 heavy (non-hydrogen) atoms. The third-order valence-electron chi connectivity index (χ3n) is 5.44. The zero-order valence-electron chi connectivity index (χ0n) is 17.6. The molecule has 1 aliphatic rings. The van der Waals surface area contributed by atoms with Crippen molar-refractivity contribution in [1.82, 2.24) is 0 Å². The summed E-state index contributed by atoms with van der Waals surface area (Å²) in [5.74, 6) is -1.42. The predicted octanol–water partition coefficient (Wildman–Crippen LogP) is 6.36. The molecule has 2 aromatic rings. The van der Waals surface area contributed by atoms with Crippen molar-refractivity contribution in [2.75, 3.05) is 0 Å². The fraction of sp³-hybridized carbons (Fsp3) is 0.440. The van der Waals surface area contributed by atoms with Crippen LogP contribution in [0.5, 0.6) is 5.75 Å². The summed E-state index contributed by atoms with van der Waals surface area (Å²) in [4.78, 5) is 23.9. The smallest absolute Gasteiger partial charge is 0.311 e. The first-order valence-corrected chi connectivity index (χ1v) is 11.0. The van der Waals surface area contributed by atoms with Crippen LogP contribution in [0.1, 0.15) is 64.2 Å². The van der Waals surface area contributed by atoms with Crippen LogP contribution in [0.3, 0.4) is 0 Å². The van der Waals surface area contributed by atoms with E-state index < -0.39 is 17.6 Å². The van der Waals surface area contributed by atoms with Crippen molar-refractivity contribution >= 4 is 11.9 Å². The van der Waals surface area contributed by atoms with Gasteiger partial charge in [0.1, 0.15) is 23.5 Å². The molecule has 2 aromatic carbocycles. The van der Waals surface area contributed by atoms with E-state index >= 15 is 0 Å². The molecule has 0 amide bonds. The summed E-state index contributed by atoms with van der Waals surface area (Å²) in [6, 6.07) is 9.67. The summed E-state index contributed by atoms with van der Waals surface area (Å²) in [5, 5.41) is 0. The summed E-state index contributed by atoms with van der Waals surface area (Å²) in [6.07, 6.45) is 7.99. The molecule has 1 aliphatic carbocycles. The first kappa shape index (κ1) is 22.9. The van der Waals surface area contributed by atoms with Gasteiger partial charge in [0, 0.05) is 24.5 Å². The molecule has 0 N–H and O–H groups in total. The van der Waals surface area contributed by atoms with Crippen LogP contribution in [0.2, 0.25) is 0 Å². The minimum Gasteiger partial charge on any atom is -0.462 e. The maximum absolute atomic E-state index is 14.4. The molecule has 4 nitrogen and oxygen atoms in total. The van der Waals surface area contributed by atoms with Gasteiger partial charge in [-0.1, -0.05) is 25.0 Å². The molecule has 0 aromatic heterocycles. The summed E-state index contributed by atoms with van der Waals surface area (Å²) < 4.78 is 38.1. The molecule has 1 saturated carbocycles. The Balaban J connectivity index is 1.35. The molecule has 0 unspecified atom stereocenters. The van der Waals surface area contributed by atoms with E-state index in [-0.39, 0.29) is 24.2 Å². The Hall–Kier alpha value is -2.76. The van der Waals surface area contributed by atoms with E-state index in [9.17, 15) is 18.4 Å². The van der Waals surface area contributed by atoms with Crippen LogP contribution in [-0.2, 0) is 14.3 Å². The summed E-state index contributed by atoms with van der Waals surface area (Å²) in [5.41, 5.74) is 0.846. The Morgan fingerprint density at radius 2 is 1.52 bits per heavy atom. The molecule has 6 heteroatoms. The maximum atomic E-state index is 14.4. The van der Waals surface area contributed by atoms with Gasteiger partial charge in [-0.15, -0.1) is 0 Å². The van der Waals surface area contributed by atoms with E-state index in [1.54, 1.807) is 0 Å². The number of hydrogen-bond acceptors (Lipinski definition) is 4. The van der Waals surface area contributed by atoms with Crippen LogP contribution in [0, 0.1) is 11.6 Å². The lowest BCUT2D eigenvalue weighted by molar-refractivity contribution is -0.150. The highest BCUT2D eigenvalue weighted by Crippen LogP contribution is 2.27. The predicted molar refractivity (Wildman–Crippen MR) is 113 cm³/mol. The third kappa shape index (κ3) is 7.46. The van der Waals surface area contributed by atoms with Crippen molar-refractivity contribution in [3.8, 4) is 16.9 Å². The quantitative estimate of drug-likeness (QED) is 0.264. The number of ether oxygens (including phenoxy) is 2. The molecule has 0 saturated heterocycles. The number of rotatable bonds is 9. The van der Waals surface area contributed by atoms with Crippen LogP contribution in [0.25, 0.3) is 11.1 Å². The Bertz CT molecular complexity index is 874. The van der Waals surface area contributed by atoms with Gasteiger partial charge in [-0.25, -0.2) is 8.78 Å². The zero-order valence-corrected chi connectivity index (χ0v) is 17.6. The second kappa shape index (κ2) is 11.6. The number of carbonyl (C=O) groups is 2. The van der Waals surface area contributed by atoms with Crippen LogP contribution in [-0.4, -0.2) is 18.0 Å². The highest BCUT2D eigenvalue weighted by molar-refractivity contribution is 5.73. The first-order chi connectivity index (χ1) is 15.0. The van der Waals surface area contributed by atoms with Gasteiger partial charge in [0.2, 0.25) is 0 Å². The molecule has 0 atom stereocenters. The Morgan fingerprint density at radius 1 is 0.839 bits per heavy atom.